The molecule has 6 nitrogen and oxygen atoms in total. The number of nitrogens with one attached hydrogen (secondary N) is 1. The van der Waals surface area contributed by atoms with Crippen molar-refractivity contribution in [2.75, 3.05) is 20.2 Å². The summed E-state index contributed by atoms with van der Waals surface area (Å²) in [6, 6.07) is -0.508. The summed E-state index contributed by atoms with van der Waals surface area (Å²) in [5.74, 6) is 0.283. The third-order valence-corrected chi connectivity index (χ3v) is 4.39. The summed E-state index contributed by atoms with van der Waals surface area (Å²) in [5, 5.41) is 12.9. The number of rotatable bonds is 6. The van der Waals surface area contributed by atoms with Gasteiger partial charge in [0.15, 0.2) is 0 Å². The number of hydrogen-bond donors (Lipinski definition) is 2. The normalized spacial score (nSPS) is 31.8. The van der Waals surface area contributed by atoms with E-state index in [1.54, 1.807) is 0 Å². The fourth-order valence-corrected chi connectivity index (χ4v) is 3.03. The highest BCUT2D eigenvalue weighted by Crippen LogP contribution is 2.25. The van der Waals surface area contributed by atoms with Crippen LogP contribution >= 0.6 is 0 Å². The first-order valence-corrected chi connectivity index (χ1v) is 7.80. The van der Waals surface area contributed by atoms with Gasteiger partial charge in [0.1, 0.15) is 0 Å². The van der Waals surface area contributed by atoms with E-state index in [1.165, 1.54) is 19.9 Å². The van der Waals surface area contributed by atoms with Crippen LogP contribution in [0.3, 0.4) is 0 Å². The van der Waals surface area contributed by atoms with Gasteiger partial charge in [-0.2, -0.15) is 0 Å². The number of likely N-dealkylation sites (N-methyl/N-ethyl adjacent to an activating group) is 1. The van der Waals surface area contributed by atoms with Crippen molar-refractivity contribution in [1.82, 2.24) is 10.2 Å². The molecule has 0 bridgehead atoms. The first-order chi connectivity index (χ1) is 9.97. The van der Waals surface area contributed by atoms with Gasteiger partial charge in [0.05, 0.1) is 31.3 Å². The Kier molecular flexibility index (Phi) is 5.72. The first-order valence-electron chi connectivity index (χ1n) is 7.80. The molecule has 4 unspecified atom stereocenters. The smallest absolute Gasteiger partial charge is 0.246 e. The number of likely N-dealkylation sites (tertiary alicyclic amines) is 1. The maximum absolute atomic E-state index is 11.7. The molecular formula is C15H26N2O4. The summed E-state index contributed by atoms with van der Waals surface area (Å²) >= 11 is 0. The highest BCUT2D eigenvalue weighted by Gasteiger charge is 2.35. The molecule has 21 heavy (non-hydrogen) atoms. The lowest BCUT2D eigenvalue weighted by molar-refractivity contribution is -0.137. The van der Waals surface area contributed by atoms with Gasteiger partial charge in [-0.1, -0.05) is 19.8 Å². The minimum Gasteiger partial charge on any atom is -0.389 e. The molecule has 2 fully saturated rings. The van der Waals surface area contributed by atoms with Crippen LogP contribution in [0.2, 0.25) is 0 Å². The van der Waals surface area contributed by atoms with E-state index in [2.05, 4.69) is 12.2 Å². The first kappa shape index (κ1) is 16.4. The summed E-state index contributed by atoms with van der Waals surface area (Å²) in [5.41, 5.74) is 0. The topological polar surface area (TPSA) is 78.9 Å². The number of aliphatic hydroxyl groups excluding tert-OH is 1. The summed E-state index contributed by atoms with van der Waals surface area (Å²) in [7, 11) is 1.48. The average Bonchev–Trinajstić information content (AvgIpc) is 2.70. The third-order valence-electron chi connectivity index (χ3n) is 4.39. The van der Waals surface area contributed by atoms with E-state index in [0.29, 0.717) is 5.92 Å². The molecule has 0 aromatic heterocycles. The van der Waals surface area contributed by atoms with Gasteiger partial charge in [-0.3, -0.25) is 14.5 Å². The maximum atomic E-state index is 11.7. The van der Waals surface area contributed by atoms with E-state index < -0.39 is 12.1 Å². The van der Waals surface area contributed by atoms with Gasteiger partial charge < -0.3 is 15.2 Å². The fraction of sp³-hybridized carbons (Fsp3) is 0.867. The average molecular weight is 298 g/mol. The van der Waals surface area contributed by atoms with Crippen molar-refractivity contribution < 1.29 is 19.4 Å². The minimum absolute atomic E-state index is 0.170. The van der Waals surface area contributed by atoms with Gasteiger partial charge in [-0.15, -0.1) is 0 Å². The molecule has 2 rings (SSSR count). The monoisotopic (exact) mass is 298 g/mol. The van der Waals surface area contributed by atoms with Gasteiger partial charge in [-0.05, 0) is 18.8 Å². The van der Waals surface area contributed by atoms with E-state index >= 15 is 0 Å². The van der Waals surface area contributed by atoms with Gasteiger partial charge in [-0.25, -0.2) is 0 Å². The number of carbonyl (C=O) groups excluding carboxylic acids is 2. The van der Waals surface area contributed by atoms with E-state index in [9.17, 15) is 14.7 Å². The van der Waals surface area contributed by atoms with Crippen molar-refractivity contribution in [3.8, 4) is 0 Å². The van der Waals surface area contributed by atoms with Crippen LogP contribution in [-0.2, 0) is 14.3 Å². The van der Waals surface area contributed by atoms with Crippen LogP contribution in [0.5, 0.6) is 0 Å². The number of ether oxygens (including phenoxy) is 1. The molecule has 2 amide bonds. The second-order valence-corrected chi connectivity index (χ2v) is 6.34. The number of amides is 2. The quantitative estimate of drug-likeness (QED) is 0.689. The lowest BCUT2D eigenvalue weighted by Gasteiger charge is -2.27. The Labute approximate surface area is 125 Å². The zero-order chi connectivity index (χ0) is 15.4. The van der Waals surface area contributed by atoms with Crippen molar-refractivity contribution >= 4 is 11.8 Å². The van der Waals surface area contributed by atoms with E-state index in [1.807, 2.05) is 0 Å². The van der Waals surface area contributed by atoms with Gasteiger partial charge in [0.2, 0.25) is 11.8 Å². The number of nitrogens with zero attached hydrogens (tertiary/aromatic N) is 1. The predicted octanol–water partition coefficient (Wildman–Crippen LogP) is 0.289. The van der Waals surface area contributed by atoms with Crippen LogP contribution < -0.4 is 5.32 Å². The summed E-state index contributed by atoms with van der Waals surface area (Å²) in [6.07, 6.45) is 4.31. The SMILES string of the molecule is CC1CCCC(OCC(O)CNC2CC(=O)N(C)C2=O)C1. The molecule has 1 aliphatic heterocycles. The van der Waals surface area contributed by atoms with Gasteiger partial charge in [0.25, 0.3) is 0 Å². The number of aliphatic hydroxyl groups is 1. The molecule has 1 saturated carbocycles. The summed E-state index contributed by atoms with van der Waals surface area (Å²) in [4.78, 5) is 24.2. The Morgan fingerprint density at radius 3 is 2.81 bits per heavy atom. The molecule has 6 heteroatoms. The van der Waals surface area contributed by atoms with E-state index in [4.69, 9.17) is 4.74 Å². The zero-order valence-electron chi connectivity index (χ0n) is 12.9. The molecule has 0 radical (unpaired) electrons. The van der Waals surface area contributed by atoms with Crippen LogP contribution in [0.25, 0.3) is 0 Å². The second kappa shape index (κ2) is 7.33. The Hall–Kier alpha value is -0.980. The molecule has 1 heterocycles. The lowest BCUT2D eigenvalue weighted by atomic mass is 9.89. The van der Waals surface area contributed by atoms with Crippen molar-refractivity contribution in [3.05, 3.63) is 0 Å². The molecule has 1 aliphatic carbocycles. The minimum atomic E-state index is -0.656. The Balaban J connectivity index is 1.65. The largest absolute Gasteiger partial charge is 0.389 e. The fourth-order valence-electron chi connectivity index (χ4n) is 3.03. The van der Waals surface area contributed by atoms with Crippen molar-refractivity contribution in [2.45, 2.75) is 57.3 Å². The van der Waals surface area contributed by atoms with Crippen LogP contribution in [-0.4, -0.2) is 60.3 Å². The lowest BCUT2D eigenvalue weighted by Crippen LogP contribution is -2.42. The standard InChI is InChI=1S/C15H26N2O4/c1-10-4-3-5-12(6-10)21-9-11(18)8-16-13-7-14(19)17(2)15(13)20/h10-13,16,18H,3-9H2,1-2H3. The molecule has 120 valence electrons. The summed E-state index contributed by atoms with van der Waals surface area (Å²) in [6.45, 7) is 2.77. The highest BCUT2D eigenvalue weighted by atomic mass is 16.5. The van der Waals surface area contributed by atoms with E-state index in [-0.39, 0.29) is 37.5 Å². The number of hydrogen-bond acceptors (Lipinski definition) is 5. The maximum Gasteiger partial charge on any atom is 0.246 e. The molecule has 0 aromatic carbocycles. The molecule has 0 spiro atoms. The van der Waals surface area contributed by atoms with Crippen LogP contribution in [0.15, 0.2) is 0 Å². The van der Waals surface area contributed by atoms with Crippen LogP contribution in [0.4, 0.5) is 0 Å². The van der Waals surface area contributed by atoms with Crippen LogP contribution in [0, 0.1) is 5.92 Å². The molecule has 1 saturated heterocycles. The predicted molar refractivity (Wildman–Crippen MR) is 77.6 cm³/mol. The van der Waals surface area contributed by atoms with Crippen molar-refractivity contribution in [1.29, 1.82) is 0 Å². The Morgan fingerprint density at radius 2 is 2.19 bits per heavy atom. The molecule has 0 aromatic rings. The van der Waals surface area contributed by atoms with Crippen molar-refractivity contribution in [2.24, 2.45) is 5.92 Å². The molecule has 2 aliphatic rings. The molecular weight excluding hydrogens is 272 g/mol. The summed E-state index contributed by atoms with van der Waals surface area (Å²) < 4.78 is 5.75. The van der Waals surface area contributed by atoms with Gasteiger partial charge >= 0.3 is 0 Å². The van der Waals surface area contributed by atoms with Crippen molar-refractivity contribution in [3.63, 3.8) is 0 Å². The Bertz CT molecular complexity index is 388. The van der Waals surface area contributed by atoms with Gasteiger partial charge in [0, 0.05) is 13.6 Å². The van der Waals surface area contributed by atoms with E-state index in [0.717, 1.165) is 17.7 Å². The zero-order valence-corrected chi connectivity index (χ0v) is 12.9. The molecule has 2 N–H and O–H groups in total. The van der Waals surface area contributed by atoms with Crippen LogP contribution in [0.1, 0.15) is 39.0 Å². The third kappa shape index (κ3) is 4.49. The Morgan fingerprint density at radius 1 is 1.43 bits per heavy atom. The number of imide groups is 1. The second-order valence-electron chi connectivity index (χ2n) is 6.34. The molecule has 4 atom stereocenters. The highest BCUT2D eigenvalue weighted by molar-refractivity contribution is 6.05. The number of carbonyl (C=O) groups is 2.